The lowest BCUT2D eigenvalue weighted by atomic mass is 10.1. The first-order valence-corrected chi connectivity index (χ1v) is 15.7. The largest absolute Gasteiger partial charge is 0.508 e. The van der Waals surface area contributed by atoms with E-state index >= 15 is 0 Å². The summed E-state index contributed by atoms with van der Waals surface area (Å²) in [6.45, 7) is 14.7. The zero-order valence-electron chi connectivity index (χ0n) is 27.6. The summed E-state index contributed by atoms with van der Waals surface area (Å²) < 4.78 is 10.3. The maximum absolute atomic E-state index is 12.2. The van der Waals surface area contributed by atoms with Crippen LogP contribution in [0.1, 0.15) is 91.2 Å². The minimum absolute atomic E-state index is 0.0135. The molecular formula is C35H56N2O6. The van der Waals surface area contributed by atoms with Crippen LogP contribution in [0.3, 0.4) is 0 Å². The fraction of sp³-hybridized carbons (Fsp3) is 0.571. The number of benzene rings is 2. The molecule has 8 nitrogen and oxygen atoms in total. The molecule has 242 valence electrons. The number of hydrogen-bond acceptors (Lipinski definition) is 6. The van der Waals surface area contributed by atoms with Gasteiger partial charge in [-0.3, -0.25) is 9.59 Å². The van der Waals surface area contributed by atoms with E-state index in [0.717, 1.165) is 25.6 Å². The number of nitrogens with zero attached hydrogens (tertiary/aromatic N) is 1. The number of methoxy groups -OCH3 is 1. The Balaban J connectivity index is 0.000000749. The van der Waals surface area contributed by atoms with Gasteiger partial charge in [-0.1, -0.05) is 109 Å². The molecule has 1 fully saturated rings. The van der Waals surface area contributed by atoms with Gasteiger partial charge < -0.3 is 24.8 Å². The van der Waals surface area contributed by atoms with E-state index in [4.69, 9.17) is 4.74 Å². The van der Waals surface area contributed by atoms with Crippen LogP contribution in [0.25, 0.3) is 0 Å². The van der Waals surface area contributed by atoms with Gasteiger partial charge in [-0.25, -0.2) is 4.79 Å². The molecule has 0 spiro atoms. The first kappa shape index (κ1) is 39.6. The van der Waals surface area contributed by atoms with Crippen LogP contribution < -0.4 is 5.32 Å². The van der Waals surface area contributed by atoms with Crippen molar-refractivity contribution in [2.45, 2.75) is 99.1 Å². The molecule has 0 radical (unpaired) electrons. The highest BCUT2D eigenvalue weighted by molar-refractivity contribution is 5.89. The van der Waals surface area contributed by atoms with Crippen LogP contribution in [0.4, 0.5) is 0 Å². The number of carbonyl (C=O) groups is 3. The number of esters is 1. The predicted octanol–water partition coefficient (Wildman–Crippen LogP) is 6.69. The van der Waals surface area contributed by atoms with Gasteiger partial charge in [0.25, 0.3) is 0 Å². The maximum atomic E-state index is 12.2. The van der Waals surface area contributed by atoms with Gasteiger partial charge >= 0.3 is 5.97 Å². The number of likely N-dealkylation sites (tertiary alicyclic amines) is 1. The second-order valence-electron chi connectivity index (χ2n) is 10.7. The van der Waals surface area contributed by atoms with E-state index in [-0.39, 0.29) is 30.5 Å². The van der Waals surface area contributed by atoms with Crippen molar-refractivity contribution in [1.29, 1.82) is 0 Å². The predicted molar refractivity (Wildman–Crippen MR) is 174 cm³/mol. The molecule has 2 aromatic carbocycles. The van der Waals surface area contributed by atoms with Crippen LogP contribution in [0.15, 0.2) is 54.6 Å². The number of rotatable bonds is 12. The number of hydrogen-bond donors (Lipinski definition) is 2. The molecule has 2 N–H and O–H groups in total. The summed E-state index contributed by atoms with van der Waals surface area (Å²) in [5.41, 5.74) is 1.76. The van der Waals surface area contributed by atoms with E-state index in [2.05, 4.69) is 62.0 Å². The molecule has 1 aliphatic heterocycles. The number of nitrogens with one attached hydrogen (secondary N) is 1. The highest BCUT2D eigenvalue weighted by Crippen LogP contribution is 2.18. The Morgan fingerprint density at radius 1 is 0.977 bits per heavy atom. The van der Waals surface area contributed by atoms with Crippen molar-refractivity contribution in [3.05, 3.63) is 65.7 Å². The van der Waals surface area contributed by atoms with E-state index in [1.807, 2.05) is 19.9 Å². The first-order valence-electron chi connectivity index (χ1n) is 15.7. The molecule has 3 rings (SSSR count). The number of phenolic OH excluding ortho intramolecular Hbond substituents is 1. The second kappa shape index (κ2) is 25.1. The molecule has 1 unspecified atom stereocenters. The van der Waals surface area contributed by atoms with Crippen LogP contribution >= 0.6 is 0 Å². The summed E-state index contributed by atoms with van der Waals surface area (Å²) in [4.78, 5) is 37.1. The molecule has 0 bridgehead atoms. The Labute approximate surface area is 260 Å². The van der Waals surface area contributed by atoms with Gasteiger partial charge in [0.15, 0.2) is 0 Å². The molecule has 1 atom stereocenters. The fourth-order valence-corrected chi connectivity index (χ4v) is 4.01. The molecule has 0 saturated carbocycles. The summed E-state index contributed by atoms with van der Waals surface area (Å²) in [5.74, 6) is -0.243. The topological polar surface area (TPSA) is 105 Å². The molecule has 2 amide bonds. The number of unbranched alkanes of at least 4 members (excludes halogenated alkanes) is 3. The third-order valence-corrected chi connectivity index (χ3v) is 6.08. The number of phenols is 1. The summed E-state index contributed by atoms with van der Waals surface area (Å²) >= 11 is 0. The summed E-state index contributed by atoms with van der Waals surface area (Å²) in [6, 6.07) is 16.3. The fourth-order valence-electron chi connectivity index (χ4n) is 4.01. The standard InChI is InChI=1S/C16H20N2O5.C13H20O.C4H10.C2H6/c1-23-16(22)12-6-4-8-18(12)15(21)10-17-14(20)9-11-5-2-3-7-13(11)19;1-2-3-4-8-11-14-12-13-9-6-5-7-10-13;1-4(2)3;1-2/h2-3,5,7,12,19H,4,6,8-10H2,1H3,(H,17,20);5-7,9-10H,2-4,8,11-12H2,1H3;4H,1-3H3;1-2H3. The molecule has 1 heterocycles. The molecule has 8 heteroatoms. The zero-order chi connectivity index (χ0) is 32.5. The van der Waals surface area contributed by atoms with E-state index in [1.165, 1.54) is 49.3 Å². The number of ether oxygens (including phenoxy) is 2. The smallest absolute Gasteiger partial charge is 0.328 e. The molecule has 43 heavy (non-hydrogen) atoms. The van der Waals surface area contributed by atoms with E-state index in [9.17, 15) is 19.5 Å². The van der Waals surface area contributed by atoms with Crippen molar-refractivity contribution in [3.8, 4) is 5.75 Å². The van der Waals surface area contributed by atoms with E-state index < -0.39 is 12.0 Å². The Morgan fingerprint density at radius 3 is 2.21 bits per heavy atom. The lowest BCUT2D eigenvalue weighted by Gasteiger charge is -2.22. The van der Waals surface area contributed by atoms with Crippen molar-refractivity contribution in [1.82, 2.24) is 10.2 Å². The Kier molecular flexibility index (Phi) is 23.2. The zero-order valence-corrected chi connectivity index (χ0v) is 27.6. The van der Waals surface area contributed by atoms with E-state index in [1.54, 1.807) is 18.2 Å². The minimum atomic E-state index is -0.567. The van der Waals surface area contributed by atoms with Crippen molar-refractivity contribution >= 4 is 17.8 Å². The van der Waals surface area contributed by atoms with Crippen molar-refractivity contribution in [3.63, 3.8) is 0 Å². The number of amides is 2. The van der Waals surface area contributed by atoms with Crippen LogP contribution in [0.2, 0.25) is 0 Å². The molecule has 0 aliphatic carbocycles. The molecule has 0 aromatic heterocycles. The second-order valence-corrected chi connectivity index (χ2v) is 10.7. The quantitative estimate of drug-likeness (QED) is 0.208. The van der Waals surface area contributed by atoms with Gasteiger partial charge in [0.2, 0.25) is 11.8 Å². The Hall–Kier alpha value is -3.39. The van der Waals surface area contributed by atoms with Crippen LogP contribution in [-0.2, 0) is 36.9 Å². The first-order chi connectivity index (χ1) is 20.7. The van der Waals surface area contributed by atoms with Crippen molar-refractivity contribution < 1.29 is 29.0 Å². The molecule has 1 aliphatic rings. The lowest BCUT2D eigenvalue weighted by molar-refractivity contribution is -0.150. The monoisotopic (exact) mass is 600 g/mol. The van der Waals surface area contributed by atoms with Gasteiger partial charge in [-0.2, -0.15) is 0 Å². The van der Waals surface area contributed by atoms with Crippen LogP contribution in [0.5, 0.6) is 5.75 Å². The van der Waals surface area contributed by atoms with Crippen LogP contribution in [0, 0.1) is 5.92 Å². The highest BCUT2D eigenvalue weighted by Gasteiger charge is 2.34. The van der Waals surface area contributed by atoms with Crippen molar-refractivity contribution in [2.24, 2.45) is 5.92 Å². The van der Waals surface area contributed by atoms with Crippen molar-refractivity contribution in [2.75, 3.05) is 26.8 Å². The van der Waals surface area contributed by atoms with Gasteiger partial charge in [0, 0.05) is 18.7 Å². The van der Waals surface area contributed by atoms with E-state index in [0.29, 0.717) is 18.5 Å². The van der Waals surface area contributed by atoms with Gasteiger partial charge in [0.05, 0.1) is 26.7 Å². The number of aromatic hydroxyl groups is 1. The average molecular weight is 601 g/mol. The third-order valence-electron chi connectivity index (χ3n) is 6.08. The third kappa shape index (κ3) is 18.7. The lowest BCUT2D eigenvalue weighted by Crippen LogP contribution is -2.46. The summed E-state index contributed by atoms with van der Waals surface area (Å²) in [6.07, 6.45) is 6.40. The number of para-hydroxylation sites is 1. The van der Waals surface area contributed by atoms with Crippen LogP contribution in [-0.4, -0.2) is 60.6 Å². The normalized spacial score (nSPS) is 13.4. The highest BCUT2D eigenvalue weighted by atomic mass is 16.5. The number of carbonyl (C=O) groups excluding carboxylic acids is 3. The summed E-state index contributed by atoms with van der Waals surface area (Å²) in [5, 5.41) is 12.1. The maximum Gasteiger partial charge on any atom is 0.328 e. The SMILES string of the molecule is CC.CC(C)C.CCCCCCOCc1ccccc1.COC(=O)C1CCCN1C(=O)CNC(=O)Cc1ccccc1O. The molecular weight excluding hydrogens is 544 g/mol. The van der Waals surface area contributed by atoms with Gasteiger partial charge in [-0.05, 0) is 36.8 Å². The Morgan fingerprint density at radius 2 is 1.60 bits per heavy atom. The Bertz CT molecular complexity index is 1010. The van der Waals surface area contributed by atoms with Gasteiger partial charge in [0.1, 0.15) is 11.8 Å². The molecule has 1 saturated heterocycles. The average Bonchev–Trinajstić information content (AvgIpc) is 3.50. The van der Waals surface area contributed by atoms with Gasteiger partial charge in [-0.15, -0.1) is 0 Å². The summed E-state index contributed by atoms with van der Waals surface area (Å²) in [7, 11) is 1.29. The minimum Gasteiger partial charge on any atom is -0.508 e. The molecule has 2 aromatic rings.